The summed E-state index contributed by atoms with van der Waals surface area (Å²) in [4.78, 5) is 0. The minimum atomic E-state index is -2.54. The molecule has 0 fully saturated rings. The van der Waals surface area contributed by atoms with Gasteiger partial charge in [0.15, 0.2) is 0 Å². The van der Waals surface area contributed by atoms with Gasteiger partial charge in [0.05, 0.1) is 5.60 Å². The molecule has 0 atom stereocenters. The molecule has 0 unspecified atom stereocenters. The van der Waals surface area contributed by atoms with E-state index in [0.29, 0.717) is 0 Å². The highest BCUT2D eigenvalue weighted by Gasteiger charge is 2.40. The van der Waals surface area contributed by atoms with Crippen molar-refractivity contribution in [3.8, 4) is 0 Å². The molecule has 0 aliphatic heterocycles. The molecule has 7 nitrogen and oxygen atoms in total. The van der Waals surface area contributed by atoms with E-state index in [-0.39, 0.29) is 5.60 Å². The number of ether oxygens (including phenoxy) is 1. The van der Waals surface area contributed by atoms with E-state index in [1.807, 2.05) is 0 Å². The minimum absolute atomic E-state index is 0.208. The molecular formula is C17H40O7Si2. The van der Waals surface area contributed by atoms with Gasteiger partial charge in [-0.25, -0.2) is 0 Å². The molecule has 0 bridgehead atoms. The average molecular weight is 413 g/mol. The van der Waals surface area contributed by atoms with Crippen LogP contribution in [0.15, 0.2) is 0 Å². The molecule has 0 aromatic rings. The fraction of sp³-hybridized carbons (Fsp3) is 1.00. The predicted octanol–water partition coefficient (Wildman–Crippen LogP) is 3.49. The molecule has 158 valence electrons. The molecule has 0 saturated carbocycles. The fourth-order valence-electron chi connectivity index (χ4n) is 3.09. The van der Waals surface area contributed by atoms with E-state index in [0.717, 1.165) is 50.8 Å². The lowest BCUT2D eigenvalue weighted by Gasteiger charge is -2.33. The molecule has 0 spiro atoms. The van der Waals surface area contributed by atoms with Crippen LogP contribution in [0.2, 0.25) is 12.1 Å². The Morgan fingerprint density at radius 1 is 0.654 bits per heavy atom. The largest absolute Gasteiger partial charge is 0.500 e. The highest BCUT2D eigenvalue weighted by Crippen LogP contribution is 2.30. The highest BCUT2D eigenvalue weighted by molar-refractivity contribution is 6.60. The smallest absolute Gasteiger partial charge is 0.377 e. The molecule has 0 aliphatic carbocycles. The predicted molar refractivity (Wildman–Crippen MR) is 106 cm³/mol. The van der Waals surface area contributed by atoms with Crippen LogP contribution in [0.3, 0.4) is 0 Å². The van der Waals surface area contributed by atoms with Gasteiger partial charge in [-0.3, -0.25) is 0 Å². The second-order valence-electron chi connectivity index (χ2n) is 6.60. The third-order valence-corrected chi connectivity index (χ3v) is 10.6. The van der Waals surface area contributed by atoms with Gasteiger partial charge in [-0.05, 0) is 39.0 Å². The number of hydrogen-bond donors (Lipinski definition) is 0. The zero-order valence-electron chi connectivity index (χ0n) is 18.0. The average Bonchev–Trinajstić information content (AvgIpc) is 2.68. The zero-order chi connectivity index (χ0) is 20.1. The van der Waals surface area contributed by atoms with Gasteiger partial charge in [0, 0.05) is 61.4 Å². The van der Waals surface area contributed by atoms with Crippen LogP contribution in [0.4, 0.5) is 0 Å². The van der Waals surface area contributed by atoms with Crippen molar-refractivity contribution in [2.45, 2.75) is 63.6 Å². The summed E-state index contributed by atoms with van der Waals surface area (Å²) in [5, 5.41) is 0. The van der Waals surface area contributed by atoms with Gasteiger partial charge < -0.3 is 31.3 Å². The Labute approximate surface area is 162 Å². The van der Waals surface area contributed by atoms with E-state index in [1.54, 1.807) is 42.7 Å². The molecule has 0 N–H and O–H groups in total. The van der Waals surface area contributed by atoms with Crippen molar-refractivity contribution in [2.24, 2.45) is 0 Å². The maximum absolute atomic E-state index is 6.20. The SMILES string of the molecule is CCCOC(C)(CCC[Si](OC)(OC)OC)CCC[Si](OC)(OC)OC. The van der Waals surface area contributed by atoms with Crippen LogP contribution in [-0.4, -0.2) is 72.5 Å². The number of rotatable bonds is 17. The number of hydrogen-bond acceptors (Lipinski definition) is 7. The summed E-state index contributed by atoms with van der Waals surface area (Å²) in [7, 11) is 4.82. The van der Waals surface area contributed by atoms with E-state index in [2.05, 4.69) is 13.8 Å². The van der Waals surface area contributed by atoms with Crippen LogP contribution < -0.4 is 0 Å². The van der Waals surface area contributed by atoms with Crippen molar-refractivity contribution in [2.75, 3.05) is 49.3 Å². The van der Waals surface area contributed by atoms with Crippen LogP contribution in [-0.2, 0) is 31.3 Å². The second kappa shape index (κ2) is 13.4. The molecule has 0 aromatic heterocycles. The minimum Gasteiger partial charge on any atom is -0.377 e. The lowest BCUT2D eigenvalue weighted by molar-refractivity contribution is -0.0455. The third-order valence-electron chi connectivity index (χ3n) is 4.90. The topological polar surface area (TPSA) is 64.6 Å². The zero-order valence-corrected chi connectivity index (χ0v) is 20.0. The summed E-state index contributed by atoms with van der Waals surface area (Å²) in [6.45, 7) is 5.05. The Morgan fingerprint density at radius 3 is 1.27 bits per heavy atom. The highest BCUT2D eigenvalue weighted by atomic mass is 28.4. The van der Waals surface area contributed by atoms with Gasteiger partial charge >= 0.3 is 17.6 Å². The standard InChI is InChI=1S/C17H40O7Si2/c1-9-14-24-17(2,12-10-15-25(18-3,19-4)20-5)13-11-16-26(21-6,22-7)23-8/h9-16H2,1-8H3. The van der Waals surface area contributed by atoms with E-state index in [9.17, 15) is 0 Å². The van der Waals surface area contributed by atoms with E-state index in [4.69, 9.17) is 31.3 Å². The van der Waals surface area contributed by atoms with Gasteiger partial charge in [0.1, 0.15) is 0 Å². The molecular weight excluding hydrogens is 372 g/mol. The summed E-state index contributed by atoms with van der Waals surface area (Å²) < 4.78 is 39.3. The first kappa shape index (κ1) is 26.2. The van der Waals surface area contributed by atoms with Crippen LogP contribution in [0.5, 0.6) is 0 Å². The summed E-state index contributed by atoms with van der Waals surface area (Å²) in [5.41, 5.74) is -0.208. The van der Waals surface area contributed by atoms with Gasteiger partial charge in [0.2, 0.25) is 0 Å². The lowest BCUT2D eigenvalue weighted by Crippen LogP contribution is -2.43. The van der Waals surface area contributed by atoms with Crippen LogP contribution in [0.25, 0.3) is 0 Å². The van der Waals surface area contributed by atoms with Crippen molar-refractivity contribution < 1.29 is 31.3 Å². The molecule has 26 heavy (non-hydrogen) atoms. The molecule has 0 aromatic carbocycles. The van der Waals surface area contributed by atoms with Gasteiger partial charge in [-0.1, -0.05) is 6.92 Å². The van der Waals surface area contributed by atoms with Crippen molar-refractivity contribution in [3.63, 3.8) is 0 Å². The van der Waals surface area contributed by atoms with Crippen molar-refractivity contribution in [1.29, 1.82) is 0 Å². The lowest BCUT2D eigenvalue weighted by atomic mass is 9.94. The van der Waals surface area contributed by atoms with Crippen LogP contribution in [0, 0.1) is 0 Å². The van der Waals surface area contributed by atoms with Crippen molar-refractivity contribution >= 4 is 17.6 Å². The monoisotopic (exact) mass is 412 g/mol. The van der Waals surface area contributed by atoms with Gasteiger partial charge in [-0.2, -0.15) is 0 Å². The van der Waals surface area contributed by atoms with Crippen molar-refractivity contribution in [3.05, 3.63) is 0 Å². The maximum atomic E-state index is 6.20. The van der Waals surface area contributed by atoms with E-state index in [1.165, 1.54) is 0 Å². The first-order valence-electron chi connectivity index (χ1n) is 9.29. The molecule has 0 amide bonds. The molecule has 0 aliphatic rings. The van der Waals surface area contributed by atoms with E-state index < -0.39 is 17.6 Å². The Bertz CT molecular complexity index is 307. The Hall–Kier alpha value is 0.154. The Balaban J connectivity index is 4.73. The Morgan fingerprint density at radius 2 is 1.00 bits per heavy atom. The molecule has 0 rings (SSSR count). The maximum Gasteiger partial charge on any atom is 0.500 e. The molecule has 0 radical (unpaired) electrons. The summed E-state index contributed by atoms with van der Waals surface area (Å²) in [6.07, 6.45) is 4.67. The molecule has 0 heterocycles. The molecule has 0 saturated heterocycles. The first-order valence-corrected chi connectivity index (χ1v) is 13.2. The quantitative estimate of drug-likeness (QED) is 0.339. The fourth-order valence-corrected chi connectivity index (χ4v) is 6.53. The first-order chi connectivity index (χ1) is 12.3. The van der Waals surface area contributed by atoms with E-state index >= 15 is 0 Å². The third kappa shape index (κ3) is 8.45. The Kier molecular flexibility index (Phi) is 13.4. The normalized spacial score (nSPS) is 13.4. The summed E-state index contributed by atoms with van der Waals surface area (Å²) in [6, 6.07) is 1.54. The van der Waals surface area contributed by atoms with Gasteiger partial charge in [-0.15, -0.1) is 0 Å². The van der Waals surface area contributed by atoms with Crippen LogP contribution >= 0.6 is 0 Å². The van der Waals surface area contributed by atoms with Crippen molar-refractivity contribution in [1.82, 2.24) is 0 Å². The van der Waals surface area contributed by atoms with Crippen LogP contribution in [0.1, 0.15) is 46.0 Å². The second-order valence-corrected chi connectivity index (χ2v) is 12.8. The van der Waals surface area contributed by atoms with Gasteiger partial charge in [0.25, 0.3) is 0 Å². The molecule has 9 heteroatoms. The summed E-state index contributed by atoms with van der Waals surface area (Å²) in [5.74, 6) is 0. The summed E-state index contributed by atoms with van der Waals surface area (Å²) >= 11 is 0.